The van der Waals surface area contributed by atoms with E-state index in [9.17, 15) is 13.6 Å². The van der Waals surface area contributed by atoms with Gasteiger partial charge in [0, 0.05) is 36.5 Å². The Morgan fingerprint density at radius 3 is 2.63 bits per heavy atom. The predicted octanol–water partition coefficient (Wildman–Crippen LogP) is 2.81. The molecule has 0 radical (unpaired) electrons. The number of amides is 1. The van der Waals surface area contributed by atoms with Crippen LogP contribution in [0.5, 0.6) is 0 Å². The van der Waals surface area contributed by atoms with Gasteiger partial charge >= 0.3 is 0 Å². The molecule has 27 heavy (non-hydrogen) atoms. The van der Waals surface area contributed by atoms with Crippen molar-refractivity contribution >= 4 is 5.91 Å². The van der Waals surface area contributed by atoms with Crippen LogP contribution in [0.2, 0.25) is 0 Å². The molecule has 5 nitrogen and oxygen atoms in total. The zero-order chi connectivity index (χ0) is 18.9. The second kappa shape index (κ2) is 7.32. The topological polar surface area (TPSA) is 51.7 Å². The Hall–Kier alpha value is -2.38. The zero-order valence-electron chi connectivity index (χ0n) is 14.7. The summed E-state index contributed by atoms with van der Waals surface area (Å²) in [7, 11) is 0. The lowest BCUT2D eigenvalue weighted by atomic mass is 9.81. The second-order valence-corrected chi connectivity index (χ2v) is 7.09. The Labute approximate surface area is 155 Å². The molecular weight excluding hydrogens is 354 g/mol. The molecule has 1 atom stereocenters. The van der Waals surface area contributed by atoms with E-state index in [-0.39, 0.29) is 17.4 Å². The van der Waals surface area contributed by atoms with E-state index in [1.165, 1.54) is 0 Å². The van der Waals surface area contributed by atoms with Gasteiger partial charge in [0.25, 0.3) is 5.91 Å². The average Bonchev–Trinajstić information content (AvgIpc) is 3.04. The minimum atomic E-state index is -0.756. The minimum Gasteiger partial charge on any atom is -0.376 e. The molecule has 1 unspecified atom stereocenters. The zero-order valence-corrected chi connectivity index (χ0v) is 14.7. The standard InChI is InChI=1S/C20H20F2N2O3/c21-17-7-15(8-18(22)9-17)19(25)24-12-20(13-24)16(3-6-27-20)11-26-10-14-1-4-23-5-2-14/h1-2,4-5,7-9,16H,3,6,10-13H2. The number of ether oxygens (including phenoxy) is 2. The van der Waals surface area contributed by atoms with E-state index in [4.69, 9.17) is 9.47 Å². The number of halogens is 2. The van der Waals surface area contributed by atoms with Crippen LogP contribution in [-0.4, -0.2) is 47.7 Å². The van der Waals surface area contributed by atoms with Crippen molar-refractivity contribution in [3.63, 3.8) is 0 Å². The number of rotatable bonds is 5. The van der Waals surface area contributed by atoms with E-state index in [2.05, 4.69) is 4.98 Å². The van der Waals surface area contributed by atoms with Gasteiger partial charge in [0.2, 0.25) is 0 Å². The van der Waals surface area contributed by atoms with E-state index in [0.29, 0.717) is 32.9 Å². The Bertz CT molecular complexity index is 805. The lowest BCUT2D eigenvalue weighted by Crippen LogP contribution is -2.66. The van der Waals surface area contributed by atoms with Crippen LogP contribution in [0.3, 0.4) is 0 Å². The molecule has 0 saturated carbocycles. The van der Waals surface area contributed by atoms with Crippen LogP contribution >= 0.6 is 0 Å². The van der Waals surface area contributed by atoms with Crippen LogP contribution in [0.25, 0.3) is 0 Å². The van der Waals surface area contributed by atoms with Crippen molar-refractivity contribution in [3.05, 3.63) is 65.5 Å². The number of nitrogens with zero attached hydrogens (tertiary/aromatic N) is 2. The fourth-order valence-corrected chi connectivity index (χ4v) is 3.77. The minimum absolute atomic E-state index is 0.0193. The highest BCUT2D eigenvalue weighted by atomic mass is 19.1. The molecule has 1 aromatic heterocycles. The molecule has 1 spiro atoms. The number of carbonyl (C=O) groups is 1. The van der Waals surface area contributed by atoms with Gasteiger partial charge in [0.05, 0.1) is 26.3 Å². The Balaban J connectivity index is 1.34. The number of benzene rings is 1. The van der Waals surface area contributed by atoms with Crippen LogP contribution in [0.4, 0.5) is 8.78 Å². The van der Waals surface area contributed by atoms with Crippen LogP contribution < -0.4 is 0 Å². The summed E-state index contributed by atoms with van der Waals surface area (Å²) in [6.45, 7) is 2.49. The first kappa shape index (κ1) is 18.0. The maximum absolute atomic E-state index is 13.4. The normalized spacial score (nSPS) is 20.7. The van der Waals surface area contributed by atoms with Gasteiger partial charge in [-0.15, -0.1) is 0 Å². The molecule has 2 aliphatic heterocycles. The van der Waals surface area contributed by atoms with Crippen molar-refractivity contribution < 1.29 is 23.0 Å². The lowest BCUT2D eigenvalue weighted by Gasteiger charge is -2.50. The van der Waals surface area contributed by atoms with Crippen LogP contribution in [0, 0.1) is 17.6 Å². The molecule has 142 valence electrons. The van der Waals surface area contributed by atoms with E-state index in [1.807, 2.05) is 12.1 Å². The third-order valence-electron chi connectivity index (χ3n) is 5.25. The van der Waals surface area contributed by atoms with Crippen LogP contribution in [-0.2, 0) is 16.1 Å². The van der Waals surface area contributed by atoms with Gasteiger partial charge in [-0.2, -0.15) is 0 Å². The van der Waals surface area contributed by atoms with Gasteiger partial charge < -0.3 is 14.4 Å². The highest BCUT2D eigenvalue weighted by Crippen LogP contribution is 2.40. The predicted molar refractivity (Wildman–Crippen MR) is 92.9 cm³/mol. The SMILES string of the molecule is O=C(c1cc(F)cc(F)c1)N1CC2(C1)OCCC2COCc1ccncc1. The summed E-state index contributed by atoms with van der Waals surface area (Å²) >= 11 is 0. The summed E-state index contributed by atoms with van der Waals surface area (Å²) in [6, 6.07) is 6.68. The summed E-state index contributed by atoms with van der Waals surface area (Å²) in [4.78, 5) is 18.0. The van der Waals surface area contributed by atoms with Gasteiger partial charge in [-0.25, -0.2) is 8.78 Å². The van der Waals surface area contributed by atoms with Crippen molar-refractivity contribution in [1.82, 2.24) is 9.88 Å². The van der Waals surface area contributed by atoms with E-state index >= 15 is 0 Å². The highest BCUT2D eigenvalue weighted by molar-refractivity contribution is 5.95. The van der Waals surface area contributed by atoms with Crippen LogP contribution in [0.1, 0.15) is 22.3 Å². The first-order valence-corrected chi connectivity index (χ1v) is 8.92. The first-order valence-electron chi connectivity index (χ1n) is 8.92. The smallest absolute Gasteiger partial charge is 0.254 e. The molecule has 0 bridgehead atoms. The van der Waals surface area contributed by atoms with Crippen molar-refractivity contribution in [2.45, 2.75) is 18.6 Å². The molecular formula is C20H20F2N2O3. The third-order valence-corrected chi connectivity index (χ3v) is 5.25. The fraction of sp³-hybridized carbons (Fsp3) is 0.400. The Morgan fingerprint density at radius 1 is 1.22 bits per heavy atom. The monoisotopic (exact) mass is 374 g/mol. The quantitative estimate of drug-likeness (QED) is 0.808. The number of likely N-dealkylation sites (tertiary alicyclic amines) is 1. The van der Waals surface area contributed by atoms with E-state index in [1.54, 1.807) is 17.3 Å². The Kier molecular flexibility index (Phi) is 4.88. The first-order chi connectivity index (χ1) is 13.1. The molecule has 2 aromatic rings. The number of carbonyl (C=O) groups excluding carboxylic acids is 1. The average molecular weight is 374 g/mol. The van der Waals surface area contributed by atoms with Crippen molar-refractivity contribution in [2.24, 2.45) is 5.92 Å². The molecule has 2 fully saturated rings. The maximum atomic E-state index is 13.4. The van der Waals surface area contributed by atoms with E-state index < -0.39 is 17.2 Å². The number of hydrogen-bond donors (Lipinski definition) is 0. The lowest BCUT2D eigenvalue weighted by molar-refractivity contribution is -0.129. The van der Waals surface area contributed by atoms with Crippen molar-refractivity contribution in [2.75, 3.05) is 26.3 Å². The van der Waals surface area contributed by atoms with Crippen LogP contribution in [0.15, 0.2) is 42.7 Å². The summed E-state index contributed by atoms with van der Waals surface area (Å²) in [6.07, 6.45) is 4.32. The summed E-state index contributed by atoms with van der Waals surface area (Å²) < 4.78 is 38.5. The Morgan fingerprint density at radius 2 is 1.93 bits per heavy atom. The number of hydrogen-bond acceptors (Lipinski definition) is 4. The molecule has 1 amide bonds. The van der Waals surface area contributed by atoms with E-state index in [0.717, 1.165) is 30.2 Å². The largest absolute Gasteiger partial charge is 0.376 e. The summed E-state index contributed by atoms with van der Waals surface area (Å²) in [5, 5.41) is 0. The molecule has 1 aromatic carbocycles. The summed E-state index contributed by atoms with van der Waals surface area (Å²) in [5.74, 6) is -1.71. The number of aromatic nitrogens is 1. The number of pyridine rings is 1. The molecule has 7 heteroatoms. The van der Waals surface area contributed by atoms with Crippen molar-refractivity contribution in [1.29, 1.82) is 0 Å². The van der Waals surface area contributed by atoms with Crippen molar-refractivity contribution in [3.8, 4) is 0 Å². The highest BCUT2D eigenvalue weighted by Gasteiger charge is 2.54. The van der Waals surface area contributed by atoms with Gasteiger partial charge in [0.15, 0.2) is 0 Å². The fourth-order valence-electron chi connectivity index (χ4n) is 3.77. The molecule has 3 heterocycles. The third kappa shape index (κ3) is 3.70. The molecule has 2 aliphatic rings. The second-order valence-electron chi connectivity index (χ2n) is 7.09. The maximum Gasteiger partial charge on any atom is 0.254 e. The summed E-state index contributed by atoms with van der Waals surface area (Å²) in [5.41, 5.74) is 0.655. The molecule has 2 saturated heterocycles. The molecule has 0 N–H and O–H groups in total. The molecule has 0 aliphatic carbocycles. The molecule has 4 rings (SSSR count). The van der Waals surface area contributed by atoms with Gasteiger partial charge in [-0.3, -0.25) is 9.78 Å². The van der Waals surface area contributed by atoms with Gasteiger partial charge in [-0.05, 0) is 36.2 Å². The van der Waals surface area contributed by atoms with Gasteiger partial charge in [0.1, 0.15) is 17.2 Å². The van der Waals surface area contributed by atoms with Gasteiger partial charge in [-0.1, -0.05) is 0 Å².